The molecule has 94 valence electrons. The number of benzene rings is 1. The van der Waals surface area contributed by atoms with Crippen molar-refractivity contribution in [1.82, 2.24) is 4.98 Å². The van der Waals surface area contributed by atoms with Crippen molar-refractivity contribution < 1.29 is 9.90 Å². The maximum atomic E-state index is 11.3. The van der Waals surface area contributed by atoms with Gasteiger partial charge in [0.15, 0.2) is 6.04 Å². The minimum Gasteiger partial charge on any atom is -0.479 e. The molecule has 5 nitrogen and oxygen atoms in total. The zero-order valence-electron chi connectivity index (χ0n) is 9.95. The second kappa shape index (κ2) is 5.65. The predicted octanol–water partition coefficient (Wildman–Crippen LogP) is 2.19. The van der Waals surface area contributed by atoms with Crippen LogP contribution >= 0.6 is 0 Å². The molecule has 5 heteroatoms. The second-order valence-corrected chi connectivity index (χ2v) is 3.86. The standard InChI is InChI=1S/C14H11N3O2/c15-8-11-6-7-16-9-12(11)17-13(14(18)19)10-4-2-1-3-5-10/h1-7,9,13,17H,(H,18,19). The Balaban J connectivity index is 2.33. The number of hydrogen-bond donors (Lipinski definition) is 2. The van der Waals surface area contributed by atoms with Gasteiger partial charge in [0.25, 0.3) is 0 Å². The summed E-state index contributed by atoms with van der Waals surface area (Å²) < 4.78 is 0. The number of nitrogens with one attached hydrogen (secondary N) is 1. The molecule has 1 heterocycles. The van der Waals surface area contributed by atoms with Gasteiger partial charge in [-0.2, -0.15) is 5.26 Å². The first-order valence-electron chi connectivity index (χ1n) is 5.61. The highest BCUT2D eigenvalue weighted by molar-refractivity contribution is 5.79. The molecule has 2 rings (SSSR count). The van der Waals surface area contributed by atoms with Crippen LogP contribution in [0.2, 0.25) is 0 Å². The average molecular weight is 253 g/mol. The van der Waals surface area contributed by atoms with Crippen LogP contribution in [0.3, 0.4) is 0 Å². The predicted molar refractivity (Wildman–Crippen MR) is 69.4 cm³/mol. The molecule has 2 aromatic rings. The Morgan fingerprint density at radius 3 is 2.68 bits per heavy atom. The Hall–Kier alpha value is -2.87. The summed E-state index contributed by atoms with van der Waals surface area (Å²) in [6, 6.07) is 11.4. The number of aromatic nitrogens is 1. The Kier molecular flexibility index (Phi) is 3.74. The van der Waals surface area contributed by atoms with Gasteiger partial charge < -0.3 is 10.4 Å². The minimum absolute atomic E-state index is 0.359. The van der Waals surface area contributed by atoms with Gasteiger partial charge in [-0.25, -0.2) is 4.79 Å². The molecule has 0 saturated heterocycles. The Labute approximate surface area is 110 Å². The normalized spacial score (nSPS) is 11.3. The van der Waals surface area contributed by atoms with Crippen molar-refractivity contribution in [1.29, 1.82) is 5.26 Å². The van der Waals surface area contributed by atoms with Gasteiger partial charge in [-0.05, 0) is 11.6 Å². The number of nitrogens with zero attached hydrogens (tertiary/aromatic N) is 2. The first kappa shape index (κ1) is 12.6. The van der Waals surface area contributed by atoms with Crippen LogP contribution in [0.25, 0.3) is 0 Å². The number of carboxylic acid groups (broad SMARTS) is 1. The Bertz CT molecular complexity index is 620. The third-order valence-electron chi connectivity index (χ3n) is 2.62. The lowest BCUT2D eigenvalue weighted by Crippen LogP contribution is -2.21. The first-order chi connectivity index (χ1) is 9.22. The van der Waals surface area contributed by atoms with E-state index in [-0.39, 0.29) is 0 Å². The Morgan fingerprint density at radius 1 is 1.32 bits per heavy atom. The van der Waals surface area contributed by atoms with E-state index in [1.54, 1.807) is 24.3 Å². The van der Waals surface area contributed by atoms with Crippen molar-refractivity contribution in [2.24, 2.45) is 0 Å². The molecular weight excluding hydrogens is 242 g/mol. The molecule has 0 amide bonds. The van der Waals surface area contributed by atoms with Gasteiger partial charge >= 0.3 is 5.97 Å². The summed E-state index contributed by atoms with van der Waals surface area (Å²) in [6.07, 6.45) is 2.93. The molecule has 2 N–H and O–H groups in total. The minimum atomic E-state index is -1.01. The van der Waals surface area contributed by atoms with Crippen molar-refractivity contribution in [2.45, 2.75) is 6.04 Å². The van der Waals surface area contributed by atoms with Crippen LogP contribution in [0, 0.1) is 11.3 Å². The molecule has 0 aliphatic carbocycles. The molecule has 1 aromatic heterocycles. The van der Waals surface area contributed by atoms with E-state index >= 15 is 0 Å². The molecule has 1 unspecified atom stereocenters. The summed E-state index contributed by atoms with van der Waals surface area (Å²) in [5.74, 6) is -1.01. The van der Waals surface area contributed by atoms with Crippen molar-refractivity contribution in [2.75, 3.05) is 5.32 Å². The molecule has 1 aromatic carbocycles. The van der Waals surface area contributed by atoms with Crippen LogP contribution in [0.15, 0.2) is 48.8 Å². The number of rotatable bonds is 4. The van der Waals surface area contributed by atoms with Gasteiger partial charge in [-0.15, -0.1) is 0 Å². The van der Waals surface area contributed by atoms with Crippen LogP contribution in [0.4, 0.5) is 5.69 Å². The van der Waals surface area contributed by atoms with Crippen molar-refractivity contribution in [3.8, 4) is 6.07 Å². The van der Waals surface area contributed by atoms with Crippen LogP contribution in [0.1, 0.15) is 17.2 Å². The Morgan fingerprint density at radius 2 is 2.05 bits per heavy atom. The molecule has 0 saturated carbocycles. The summed E-state index contributed by atoms with van der Waals surface area (Å²) in [5.41, 5.74) is 1.38. The molecule has 19 heavy (non-hydrogen) atoms. The van der Waals surface area contributed by atoms with E-state index in [9.17, 15) is 9.90 Å². The number of nitriles is 1. The summed E-state index contributed by atoms with van der Waals surface area (Å²) in [7, 11) is 0. The zero-order valence-corrected chi connectivity index (χ0v) is 9.95. The van der Waals surface area contributed by atoms with Gasteiger partial charge in [0.2, 0.25) is 0 Å². The smallest absolute Gasteiger partial charge is 0.330 e. The second-order valence-electron chi connectivity index (χ2n) is 3.86. The number of anilines is 1. The maximum Gasteiger partial charge on any atom is 0.330 e. The topological polar surface area (TPSA) is 86.0 Å². The van der Waals surface area contributed by atoms with E-state index in [0.29, 0.717) is 16.8 Å². The van der Waals surface area contributed by atoms with Crippen LogP contribution in [0.5, 0.6) is 0 Å². The van der Waals surface area contributed by atoms with Gasteiger partial charge in [-0.1, -0.05) is 30.3 Å². The van der Waals surface area contributed by atoms with E-state index in [0.717, 1.165) is 0 Å². The van der Waals surface area contributed by atoms with E-state index in [1.165, 1.54) is 18.5 Å². The highest BCUT2D eigenvalue weighted by Crippen LogP contribution is 2.21. The fourth-order valence-electron chi connectivity index (χ4n) is 1.70. The zero-order chi connectivity index (χ0) is 13.7. The summed E-state index contributed by atoms with van der Waals surface area (Å²) in [6.45, 7) is 0. The van der Waals surface area contributed by atoms with E-state index < -0.39 is 12.0 Å². The quantitative estimate of drug-likeness (QED) is 0.872. The molecule has 0 aliphatic heterocycles. The third kappa shape index (κ3) is 2.87. The van der Waals surface area contributed by atoms with Crippen LogP contribution in [-0.4, -0.2) is 16.1 Å². The molecule has 0 fully saturated rings. The molecule has 0 radical (unpaired) electrons. The van der Waals surface area contributed by atoms with Gasteiger partial charge in [-0.3, -0.25) is 4.98 Å². The van der Waals surface area contributed by atoms with Crippen molar-refractivity contribution in [3.05, 3.63) is 59.9 Å². The SMILES string of the molecule is N#Cc1ccncc1NC(C(=O)O)c1ccccc1. The fourth-order valence-corrected chi connectivity index (χ4v) is 1.70. The highest BCUT2D eigenvalue weighted by atomic mass is 16.4. The van der Waals surface area contributed by atoms with Crippen molar-refractivity contribution in [3.63, 3.8) is 0 Å². The number of aliphatic carboxylic acids is 1. The van der Waals surface area contributed by atoms with Gasteiger partial charge in [0.1, 0.15) is 6.07 Å². The largest absolute Gasteiger partial charge is 0.479 e. The van der Waals surface area contributed by atoms with Gasteiger partial charge in [0.05, 0.1) is 17.4 Å². The molecule has 1 atom stereocenters. The summed E-state index contributed by atoms with van der Waals surface area (Å²) in [5, 5.41) is 21.1. The lowest BCUT2D eigenvalue weighted by atomic mass is 10.1. The van der Waals surface area contributed by atoms with E-state index in [4.69, 9.17) is 5.26 Å². The first-order valence-corrected chi connectivity index (χ1v) is 5.61. The third-order valence-corrected chi connectivity index (χ3v) is 2.62. The van der Waals surface area contributed by atoms with Crippen molar-refractivity contribution >= 4 is 11.7 Å². The van der Waals surface area contributed by atoms with Crippen LogP contribution in [-0.2, 0) is 4.79 Å². The summed E-state index contributed by atoms with van der Waals surface area (Å²) >= 11 is 0. The molecular formula is C14H11N3O2. The summed E-state index contributed by atoms with van der Waals surface area (Å²) in [4.78, 5) is 15.2. The monoisotopic (exact) mass is 253 g/mol. The molecule has 0 bridgehead atoms. The number of carboxylic acids is 1. The van der Waals surface area contributed by atoms with E-state index in [2.05, 4.69) is 10.3 Å². The lowest BCUT2D eigenvalue weighted by molar-refractivity contribution is -0.138. The average Bonchev–Trinajstić information content (AvgIpc) is 2.45. The maximum absolute atomic E-state index is 11.3. The molecule has 0 spiro atoms. The number of hydrogen-bond acceptors (Lipinski definition) is 4. The van der Waals surface area contributed by atoms with Crippen LogP contribution < -0.4 is 5.32 Å². The van der Waals surface area contributed by atoms with Gasteiger partial charge in [0, 0.05) is 6.20 Å². The van der Waals surface area contributed by atoms with E-state index in [1.807, 2.05) is 12.1 Å². The number of pyridine rings is 1. The fraction of sp³-hybridized carbons (Fsp3) is 0.0714. The lowest BCUT2D eigenvalue weighted by Gasteiger charge is -2.16. The molecule has 0 aliphatic rings. The highest BCUT2D eigenvalue weighted by Gasteiger charge is 2.20. The number of carbonyl (C=O) groups is 1.